The highest BCUT2D eigenvalue weighted by molar-refractivity contribution is 9.10. The van der Waals surface area contributed by atoms with Crippen molar-refractivity contribution < 1.29 is 17.9 Å². The summed E-state index contributed by atoms with van der Waals surface area (Å²) >= 11 is 3.25. The molecule has 0 heterocycles. The zero-order valence-electron chi connectivity index (χ0n) is 15.3. The maximum atomic E-state index is 13.2. The molecule has 3 aromatic rings. The molecule has 0 N–H and O–H groups in total. The van der Waals surface area contributed by atoms with Crippen LogP contribution in [0.1, 0.15) is 10.4 Å². The molecular weight excluding hydrogens is 442 g/mol. The minimum absolute atomic E-state index is 0.00136. The van der Waals surface area contributed by atoms with Gasteiger partial charge in [0.05, 0.1) is 23.3 Å². The van der Waals surface area contributed by atoms with E-state index in [9.17, 15) is 13.2 Å². The van der Waals surface area contributed by atoms with E-state index in [1.807, 2.05) is 42.5 Å². The van der Waals surface area contributed by atoms with Gasteiger partial charge in [0.25, 0.3) is 10.0 Å². The van der Waals surface area contributed by atoms with E-state index in [2.05, 4.69) is 15.9 Å². The third-order valence-electron chi connectivity index (χ3n) is 4.33. The Labute approximate surface area is 172 Å². The Morgan fingerprint density at radius 2 is 1.61 bits per heavy atom. The fraction of sp³-hybridized carbons (Fsp3) is 0.0952. The molecule has 0 radical (unpaired) electrons. The third kappa shape index (κ3) is 3.81. The van der Waals surface area contributed by atoms with Crippen LogP contribution in [0.3, 0.4) is 0 Å². The highest BCUT2D eigenvalue weighted by atomic mass is 79.9. The number of ether oxygens (including phenoxy) is 1. The molecular formula is C21H18BrNO4S. The van der Waals surface area contributed by atoms with Gasteiger partial charge in [-0.2, -0.15) is 0 Å². The number of hydrogen-bond acceptors (Lipinski definition) is 4. The SMILES string of the molecule is COC(=O)c1cc(S(=O)(=O)N(C)c2ccccc2-c2ccccc2)ccc1Br. The topological polar surface area (TPSA) is 63.7 Å². The van der Waals surface area contributed by atoms with E-state index in [1.54, 1.807) is 12.1 Å². The number of anilines is 1. The van der Waals surface area contributed by atoms with Gasteiger partial charge < -0.3 is 4.74 Å². The number of methoxy groups -OCH3 is 1. The summed E-state index contributed by atoms with van der Waals surface area (Å²) in [4.78, 5) is 11.9. The Kier molecular flexibility index (Phi) is 5.86. The number of esters is 1. The van der Waals surface area contributed by atoms with E-state index < -0.39 is 16.0 Å². The van der Waals surface area contributed by atoms with Crippen LogP contribution in [0.15, 0.2) is 82.2 Å². The van der Waals surface area contributed by atoms with Crippen molar-refractivity contribution in [3.05, 3.63) is 82.8 Å². The molecule has 0 bridgehead atoms. The van der Waals surface area contributed by atoms with Gasteiger partial charge >= 0.3 is 5.97 Å². The smallest absolute Gasteiger partial charge is 0.339 e. The molecule has 0 atom stereocenters. The Morgan fingerprint density at radius 1 is 0.964 bits per heavy atom. The molecule has 0 fully saturated rings. The lowest BCUT2D eigenvalue weighted by molar-refractivity contribution is 0.0599. The summed E-state index contributed by atoms with van der Waals surface area (Å²) in [6, 6.07) is 21.1. The van der Waals surface area contributed by atoms with Crippen LogP contribution in [-0.2, 0) is 14.8 Å². The molecule has 0 saturated heterocycles. The van der Waals surface area contributed by atoms with Crippen LogP contribution in [0, 0.1) is 0 Å². The molecule has 0 aromatic heterocycles. The lowest BCUT2D eigenvalue weighted by Crippen LogP contribution is -2.27. The van der Waals surface area contributed by atoms with Crippen LogP contribution in [0.4, 0.5) is 5.69 Å². The molecule has 3 rings (SSSR count). The van der Waals surface area contributed by atoms with E-state index in [4.69, 9.17) is 4.74 Å². The summed E-state index contributed by atoms with van der Waals surface area (Å²) in [5.74, 6) is -0.615. The number of nitrogens with zero attached hydrogens (tertiary/aromatic N) is 1. The van der Waals surface area contributed by atoms with E-state index in [-0.39, 0.29) is 10.5 Å². The second-order valence-corrected chi connectivity index (χ2v) is 8.81. The molecule has 0 spiro atoms. The summed E-state index contributed by atoms with van der Waals surface area (Å²) in [7, 11) is -1.15. The average molecular weight is 460 g/mol. The van der Waals surface area contributed by atoms with Crippen LogP contribution in [-0.4, -0.2) is 28.5 Å². The maximum absolute atomic E-state index is 13.2. The van der Waals surface area contributed by atoms with Gasteiger partial charge in [-0.1, -0.05) is 48.5 Å². The first-order chi connectivity index (χ1) is 13.4. The molecule has 28 heavy (non-hydrogen) atoms. The number of hydrogen-bond donors (Lipinski definition) is 0. The van der Waals surface area contributed by atoms with E-state index >= 15 is 0 Å². The third-order valence-corrected chi connectivity index (χ3v) is 6.79. The van der Waals surface area contributed by atoms with Gasteiger partial charge in [-0.15, -0.1) is 0 Å². The standard InChI is InChI=1S/C21H18BrNO4S/c1-23(20-11-7-6-10-17(20)15-8-4-3-5-9-15)28(25,26)16-12-13-19(22)18(14-16)21(24)27-2/h3-14H,1-2H3. The van der Waals surface area contributed by atoms with E-state index in [0.29, 0.717) is 10.2 Å². The van der Waals surface area contributed by atoms with Crippen molar-refractivity contribution in [2.45, 2.75) is 4.90 Å². The highest BCUT2D eigenvalue weighted by Crippen LogP contribution is 2.33. The van der Waals surface area contributed by atoms with Gasteiger partial charge in [-0.25, -0.2) is 13.2 Å². The van der Waals surface area contributed by atoms with Gasteiger partial charge in [0.15, 0.2) is 0 Å². The molecule has 0 saturated carbocycles. The number of carbonyl (C=O) groups excluding carboxylic acids is 1. The van der Waals surface area contributed by atoms with Crippen LogP contribution < -0.4 is 4.31 Å². The Balaban J connectivity index is 2.09. The Morgan fingerprint density at radius 3 is 2.29 bits per heavy atom. The van der Waals surface area contributed by atoms with Gasteiger partial charge in [-0.3, -0.25) is 4.31 Å². The predicted molar refractivity (Wildman–Crippen MR) is 113 cm³/mol. The van der Waals surface area contributed by atoms with E-state index in [1.165, 1.54) is 36.7 Å². The molecule has 7 heteroatoms. The molecule has 144 valence electrons. The average Bonchev–Trinajstić information content (AvgIpc) is 2.73. The number of rotatable bonds is 5. The number of halogens is 1. The van der Waals surface area contributed by atoms with Crippen molar-refractivity contribution in [2.24, 2.45) is 0 Å². The van der Waals surface area contributed by atoms with Crippen LogP contribution in [0.25, 0.3) is 11.1 Å². The summed E-state index contributed by atoms with van der Waals surface area (Å²) in [6.45, 7) is 0. The summed E-state index contributed by atoms with van der Waals surface area (Å²) in [6.07, 6.45) is 0. The van der Waals surface area contributed by atoms with Gasteiger partial charge in [0, 0.05) is 17.1 Å². The molecule has 3 aromatic carbocycles. The van der Waals surface area contributed by atoms with E-state index in [0.717, 1.165) is 11.1 Å². The fourth-order valence-corrected chi connectivity index (χ4v) is 4.48. The predicted octanol–water partition coefficient (Wildman–Crippen LogP) is 4.73. The molecule has 0 aliphatic heterocycles. The summed E-state index contributed by atoms with van der Waals surface area (Å²) in [5, 5.41) is 0. The first-order valence-electron chi connectivity index (χ1n) is 8.37. The van der Waals surface area contributed by atoms with Crippen LogP contribution >= 0.6 is 15.9 Å². The zero-order chi connectivity index (χ0) is 20.3. The van der Waals surface area contributed by atoms with Crippen molar-refractivity contribution in [1.82, 2.24) is 0 Å². The second-order valence-electron chi connectivity index (χ2n) is 5.99. The molecule has 0 aliphatic rings. The molecule has 5 nitrogen and oxygen atoms in total. The lowest BCUT2D eigenvalue weighted by Gasteiger charge is -2.23. The number of para-hydroxylation sites is 1. The number of carbonyl (C=O) groups is 1. The van der Waals surface area contributed by atoms with Crippen molar-refractivity contribution >= 4 is 37.6 Å². The fourth-order valence-electron chi connectivity index (χ4n) is 2.83. The first-order valence-corrected chi connectivity index (χ1v) is 10.6. The zero-order valence-corrected chi connectivity index (χ0v) is 17.7. The van der Waals surface area contributed by atoms with Crippen molar-refractivity contribution in [1.29, 1.82) is 0 Å². The Hall–Kier alpha value is -2.64. The number of benzene rings is 3. The van der Waals surface area contributed by atoms with Gasteiger partial charge in [0.2, 0.25) is 0 Å². The van der Waals surface area contributed by atoms with Crippen molar-refractivity contribution in [3.8, 4) is 11.1 Å². The van der Waals surface area contributed by atoms with Crippen LogP contribution in [0.2, 0.25) is 0 Å². The summed E-state index contributed by atoms with van der Waals surface area (Å²) < 4.78 is 32.9. The minimum atomic E-state index is -3.90. The minimum Gasteiger partial charge on any atom is -0.465 e. The largest absolute Gasteiger partial charge is 0.465 e. The first kappa shape index (κ1) is 20.1. The maximum Gasteiger partial charge on any atom is 0.339 e. The second kappa shape index (κ2) is 8.16. The number of sulfonamides is 1. The lowest BCUT2D eigenvalue weighted by atomic mass is 10.0. The Bertz CT molecular complexity index is 1110. The van der Waals surface area contributed by atoms with Crippen molar-refractivity contribution in [2.75, 3.05) is 18.5 Å². The monoisotopic (exact) mass is 459 g/mol. The normalized spacial score (nSPS) is 11.1. The molecule has 0 unspecified atom stereocenters. The van der Waals surface area contributed by atoms with Crippen molar-refractivity contribution in [3.63, 3.8) is 0 Å². The summed E-state index contributed by atoms with van der Waals surface area (Å²) in [5.41, 5.74) is 2.38. The quantitative estimate of drug-likeness (QED) is 0.517. The van der Waals surface area contributed by atoms with Crippen LogP contribution in [0.5, 0.6) is 0 Å². The van der Waals surface area contributed by atoms with Gasteiger partial charge in [-0.05, 0) is 45.8 Å². The molecule has 0 aliphatic carbocycles. The van der Waals surface area contributed by atoms with Gasteiger partial charge in [0.1, 0.15) is 0 Å². The highest BCUT2D eigenvalue weighted by Gasteiger charge is 2.25. The molecule has 0 amide bonds.